The lowest BCUT2D eigenvalue weighted by atomic mass is 10.0. The van der Waals surface area contributed by atoms with E-state index in [2.05, 4.69) is 10.6 Å². The van der Waals surface area contributed by atoms with E-state index in [4.69, 9.17) is 4.74 Å². The smallest absolute Gasteiger partial charge is 0.412 e. The van der Waals surface area contributed by atoms with Gasteiger partial charge in [0, 0.05) is 17.8 Å². The summed E-state index contributed by atoms with van der Waals surface area (Å²) < 4.78 is 5.20. The first kappa shape index (κ1) is 14.4. The Morgan fingerprint density at radius 3 is 2.80 bits per heavy atom. The van der Waals surface area contributed by atoms with Gasteiger partial charge in [0.15, 0.2) is 0 Å². The molecule has 1 aliphatic rings. The lowest BCUT2D eigenvalue weighted by Gasteiger charge is -2.20. The second-order valence-electron chi connectivity index (χ2n) is 5.86. The van der Waals surface area contributed by atoms with E-state index in [1.54, 1.807) is 12.1 Å². The van der Waals surface area contributed by atoms with Crippen LogP contribution >= 0.6 is 0 Å². The van der Waals surface area contributed by atoms with Crippen LogP contribution in [0.2, 0.25) is 0 Å². The number of benzene rings is 1. The Morgan fingerprint density at radius 1 is 1.35 bits per heavy atom. The highest BCUT2D eigenvalue weighted by molar-refractivity contribution is 5.97. The van der Waals surface area contributed by atoms with Crippen molar-refractivity contribution in [2.45, 2.75) is 39.2 Å². The number of nitrogens with one attached hydrogen (secondary N) is 2. The van der Waals surface area contributed by atoms with Crippen LogP contribution in [0.25, 0.3) is 0 Å². The number of hydrogen-bond acceptors (Lipinski definition) is 3. The summed E-state index contributed by atoms with van der Waals surface area (Å²) in [5, 5.41) is 5.53. The predicted octanol–water partition coefficient (Wildman–Crippen LogP) is 2.71. The fraction of sp³-hybridized carbons (Fsp3) is 0.467. The zero-order valence-corrected chi connectivity index (χ0v) is 12.1. The van der Waals surface area contributed by atoms with Gasteiger partial charge < -0.3 is 10.1 Å². The minimum Gasteiger partial charge on any atom is -0.444 e. The Kier molecular flexibility index (Phi) is 3.97. The SMILES string of the molecule is CC(C)(C)OC(=O)Nc1ccc2c(c1)CCCNC2=O. The van der Waals surface area contributed by atoms with Crippen molar-refractivity contribution >= 4 is 17.7 Å². The molecule has 2 N–H and O–H groups in total. The summed E-state index contributed by atoms with van der Waals surface area (Å²) in [6.07, 6.45) is 1.22. The molecular formula is C15H20N2O3. The number of anilines is 1. The Morgan fingerprint density at radius 2 is 2.10 bits per heavy atom. The van der Waals surface area contributed by atoms with Crippen LogP contribution < -0.4 is 10.6 Å². The summed E-state index contributed by atoms with van der Waals surface area (Å²) >= 11 is 0. The van der Waals surface area contributed by atoms with E-state index in [9.17, 15) is 9.59 Å². The minimum absolute atomic E-state index is 0.0543. The molecular weight excluding hydrogens is 256 g/mol. The van der Waals surface area contributed by atoms with Crippen molar-refractivity contribution in [2.24, 2.45) is 0 Å². The third-order valence-corrected chi connectivity index (χ3v) is 2.90. The van der Waals surface area contributed by atoms with E-state index in [1.807, 2.05) is 26.8 Å². The fourth-order valence-electron chi connectivity index (χ4n) is 2.10. The van der Waals surface area contributed by atoms with Gasteiger partial charge in [0.2, 0.25) is 0 Å². The summed E-state index contributed by atoms with van der Waals surface area (Å²) in [6.45, 7) is 6.12. The maximum atomic E-state index is 11.8. The lowest BCUT2D eigenvalue weighted by Crippen LogP contribution is -2.27. The predicted molar refractivity (Wildman–Crippen MR) is 77.0 cm³/mol. The van der Waals surface area contributed by atoms with Crippen molar-refractivity contribution in [3.05, 3.63) is 29.3 Å². The van der Waals surface area contributed by atoms with E-state index >= 15 is 0 Å². The molecule has 5 nitrogen and oxygen atoms in total. The largest absolute Gasteiger partial charge is 0.444 e. The summed E-state index contributed by atoms with van der Waals surface area (Å²) in [5.41, 5.74) is 1.74. The lowest BCUT2D eigenvalue weighted by molar-refractivity contribution is 0.0635. The molecule has 108 valence electrons. The first-order valence-corrected chi connectivity index (χ1v) is 6.76. The van der Waals surface area contributed by atoms with Crippen LogP contribution in [0.3, 0.4) is 0 Å². The van der Waals surface area contributed by atoms with Gasteiger partial charge in [-0.3, -0.25) is 10.1 Å². The van der Waals surface area contributed by atoms with Gasteiger partial charge in [-0.2, -0.15) is 0 Å². The summed E-state index contributed by atoms with van der Waals surface area (Å²) in [4.78, 5) is 23.5. The number of aryl methyl sites for hydroxylation is 1. The van der Waals surface area contributed by atoms with Gasteiger partial charge >= 0.3 is 6.09 Å². The van der Waals surface area contributed by atoms with Crippen LogP contribution in [0.5, 0.6) is 0 Å². The molecule has 0 aliphatic carbocycles. The van der Waals surface area contributed by atoms with Gasteiger partial charge in [-0.25, -0.2) is 4.79 Å². The molecule has 0 spiro atoms. The second kappa shape index (κ2) is 5.53. The molecule has 0 saturated heterocycles. The van der Waals surface area contributed by atoms with Crippen LogP contribution in [-0.2, 0) is 11.2 Å². The molecule has 0 unspecified atom stereocenters. The molecule has 2 rings (SSSR count). The number of carbonyl (C=O) groups excluding carboxylic acids is 2. The van der Waals surface area contributed by atoms with E-state index in [1.165, 1.54) is 0 Å². The van der Waals surface area contributed by atoms with Crippen molar-refractivity contribution in [3.63, 3.8) is 0 Å². The van der Waals surface area contributed by atoms with Gasteiger partial charge in [0.1, 0.15) is 5.60 Å². The quantitative estimate of drug-likeness (QED) is 0.828. The highest BCUT2D eigenvalue weighted by Gasteiger charge is 2.18. The normalized spacial score (nSPS) is 14.8. The van der Waals surface area contributed by atoms with E-state index in [0.717, 1.165) is 18.4 Å². The third kappa shape index (κ3) is 3.73. The van der Waals surface area contributed by atoms with Gasteiger partial charge in [0.25, 0.3) is 5.91 Å². The Hall–Kier alpha value is -2.04. The van der Waals surface area contributed by atoms with E-state index in [-0.39, 0.29) is 5.91 Å². The second-order valence-corrected chi connectivity index (χ2v) is 5.86. The summed E-state index contributed by atoms with van der Waals surface area (Å²) in [6, 6.07) is 5.29. The number of fused-ring (bicyclic) bond motifs is 1. The molecule has 1 aromatic rings. The van der Waals surface area contributed by atoms with Gasteiger partial charge in [-0.15, -0.1) is 0 Å². The Balaban J connectivity index is 2.13. The van der Waals surface area contributed by atoms with Crippen molar-refractivity contribution in [3.8, 4) is 0 Å². The molecule has 0 atom stereocenters. The molecule has 0 aromatic heterocycles. The molecule has 0 radical (unpaired) electrons. The molecule has 20 heavy (non-hydrogen) atoms. The molecule has 1 heterocycles. The molecule has 2 amide bonds. The van der Waals surface area contributed by atoms with Gasteiger partial charge in [-0.05, 0) is 57.4 Å². The first-order chi connectivity index (χ1) is 9.35. The van der Waals surface area contributed by atoms with Crippen LogP contribution in [0, 0.1) is 0 Å². The van der Waals surface area contributed by atoms with Crippen molar-refractivity contribution in [2.75, 3.05) is 11.9 Å². The van der Waals surface area contributed by atoms with Crippen LogP contribution in [-0.4, -0.2) is 24.1 Å². The average Bonchev–Trinajstić information content (AvgIpc) is 2.49. The number of rotatable bonds is 1. The Labute approximate surface area is 118 Å². The van der Waals surface area contributed by atoms with Crippen molar-refractivity contribution in [1.82, 2.24) is 5.32 Å². The molecule has 0 bridgehead atoms. The topological polar surface area (TPSA) is 67.4 Å². The summed E-state index contributed by atoms with van der Waals surface area (Å²) in [7, 11) is 0. The minimum atomic E-state index is -0.532. The molecule has 0 fully saturated rings. The first-order valence-electron chi connectivity index (χ1n) is 6.76. The third-order valence-electron chi connectivity index (χ3n) is 2.90. The number of ether oxygens (including phenoxy) is 1. The monoisotopic (exact) mass is 276 g/mol. The fourth-order valence-corrected chi connectivity index (χ4v) is 2.10. The van der Waals surface area contributed by atoms with Crippen molar-refractivity contribution in [1.29, 1.82) is 0 Å². The highest BCUT2D eigenvalue weighted by atomic mass is 16.6. The van der Waals surface area contributed by atoms with Crippen LogP contribution in [0.4, 0.5) is 10.5 Å². The zero-order chi connectivity index (χ0) is 14.8. The molecule has 1 aliphatic heterocycles. The van der Waals surface area contributed by atoms with E-state index < -0.39 is 11.7 Å². The van der Waals surface area contributed by atoms with Gasteiger partial charge in [-0.1, -0.05) is 0 Å². The summed E-state index contributed by atoms with van der Waals surface area (Å²) in [5.74, 6) is -0.0543. The number of amides is 2. The van der Waals surface area contributed by atoms with Crippen LogP contribution in [0.15, 0.2) is 18.2 Å². The maximum Gasteiger partial charge on any atom is 0.412 e. The average molecular weight is 276 g/mol. The Bertz CT molecular complexity index is 532. The molecule has 0 saturated carbocycles. The van der Waals surface area contributed by atoms with Gasteiger partial charge in [0.05, 0.1) is 0 Å². The van der Waals surface area contributed by atoms with Crippen molar-refractivity contribution < 1.29 is 14.3 Å². The molecule has 1 aromatic carbocycles. The number of hydrogen-bond donors (Lipinski definition) is 2. The zero-order valence-electron chi connectivity index (χ0n) is 12.1. The van der Waals surface area contributed by atoms with E-state index in [0.29, 0.717) is 17.8 Å². The molecule has 5 heteroatoms. The highest BCUT2D eigenvalue weighted by Crippen LogP contribution is 2.20. The number of carbonyl (C=O) groups is 2. The van der Waals surface area contributed by atoms with Crippen LogP contribution in [0.1, 0.15) is 43.1 Å². The maximum absolute atomic E-state index is 11.8. The standard InChI is InChI=1S/C15H20N2O3/c1-15(2,3)20-14(19)17-11-6-7-12-10(9-11)5-4-8-16-13(12)18/h6-7,9H,4-5,8H2,1-3H3,(H,16,18)(H,17,19).